The highest BCUT2D eigenvalue weighted by Gasteiger charge is 2.47. The molecule has 5 N–H and O–H groups in total. The van der Waals surface area contributed by atoms with Gasteiger partial charge in [0.15, 0.2) is 5.83 Å². The molecule has 14 heteroatoms. The fraction of sp³-hybridized carbons (Fsp3) is 0.610. The van der Waals surface area contributed by atoms with Crippen LogP contribution in [0, 0.1) is 29.5 Å². The van der Waals surface area contributed by atoms with Crippen molar-refractivity contribution in [3.05, 3.63) is 81.3 Å². The summed E-state index contributed by atoms with van der Waals surface area (Å²) in [4.78, 5) is 12.6. The van der Waals surface area contributed by atoms with Crippen LogP contribution in [0.25, 0.3) is 0 Å². The van der Waals surface area contributed by atoms with Crippen LogP contribution in [0.5, 0.6) is 0 Å². The van der Waals surface area contributed by atoms with Gasteiger partial charge in [-0.1, -0.05) is 19.9 Å². The largest absolute Gasteiger partial charge is 0.477 e. The molecular weight excluding hydrogens is 706 g/mol. The van der Waals surface area contributed by atoms with Gasteiger partial charge in [-0.3, -0.25) is 9.80 Å². The summed E-state index contributed by atoms with van der Waals surface area (Å²) < 4.78 is 50.8. The Bertz CT molecular complexity index is 1800. The highest BCUT2D eigenvalue weighted by molar-refractivity contribution is 6.03. The van der Waals surface area contributed by atoms with Gasteiger partial charge in [0.05, 0.1) is 68.3 Å². The van der Waals surface area contributed by atoms with Crippen molar-refractivity contribution in [2.24, 2.45) is 16.1 Å². The van der Waals surface area contributed by atoms with Crippen LogP contribution in [0.4, 0.5) is 8.78 Å². The Hall–Kier alpha value is -4.00. The minimum Gasteiger partial charge on any atom is -0.477 e. The van der Waals surface area contributed by atoms with Crippen LogP contribution >= 0.6 is 0 Å². The Kier molecular flexibility index (Phi) is 11.9. The maximum atomic E-state index is 17.3. The summed E-state index contributed by atoms with van der Waals surface area (Å²) >= 11 is 0. The molecule has 1 aliphatic carbocycles. The van der Waals surface area contributed by atoms with Crippen LogP contribution < -0.4 is 16.4 Å². The number of amidine groups is 1. The average Bonchev–Trinajstić information content (AvgIpc) is 3.65. The molecule has 298 valence electrons. The van der Waals surface area contributed by atoms with Gasteiger partial charge < -0.3 is 40.6 Å². The lowest BCUT2D eigenvalue weighted by molar-refractivity contribution is 0.0192. The monoisotopic (exact) mass is 762 g/mol. The van der Waals surface area contributed by atoms with Gasteiger partial charge in [-0.25, -0.2) is 8.78 Å². The number of aliphatic imine (C=N–C) groups is 1. The number of likely N-dealkylation sites (tertiary alicyclic amines) is 1. The van der Waals surface area contributed by atoms with Crippen LogP contribution in [0.15, 0.2) is 52.6 Å². The first-order chi connectivity index (χ1) is 26.5. The molecule has 4 fully saturated rings. The number of hydrogen-bond acceptors (Lipinski definition) is 11. The van der Waals surface area contributed by atoms with Crippen molar-refractivity contribution in [1.82, 2.24) is 25.3 Å². The fourth-order valence-corrected chi connectivity index (χ4v) is 8.98. The normalized spacial score (nSPS) is 25.9. The SMILES string of the molecule is C=C(N)NC1=C(C#N)C(c2c(F)c(C)c(/C(=N\C(=C\CCC)OCC3(CN4CCOCC4)CC3)N3C4CCC3CN(CC(C)O)C4)c3c2COC3)NC=C1F. The van der Waals surface area contributed by atoms with Crippen molar-refractivity contribution in [2.45, 2.75) is 96.7 Å². The number of nitrogens with zero attached hydrogens (tertiary/aromatic N) is 5. The number of hydrogen-bond donors (Lipinski definition) is 4. The Labute approximate surface area is 323 Å². The predicted molar refractivity (Wildman–Crippen MR) is 205 cm³/mol. The molecule has 0 spiro atoms. The number of fused-ring (bicyclic) bond motifs is 3. The number of allylic oxidation sites excluding steroid dienone is 2. The maximum absolute atomic E-state index is 17.3. The molecule has 6 aliphatic rings. The van der Waals surface area contributed by atoms with Gasteiger partial charge in [-0.05, 0) is 68.7 Å². The lowest BCUT2D eigenvalue weighted by Crippen LogP contribution is -2.57. The Morgan fingerprint density at radius 3 is 2.55 bits per heavy atom. The number of nitriles is 1. The number of β-amino-alcohol motifs (C(OH)–C–C–N with tert-alkyl or cyclic N) is 1. The van der Waals surface area contributed by atoms with Gasteiger partial charge >= 0.3 is 0 Å². The van der Waals surface area contributed by atoms with Crippen LogP contribution in [0.2, 0.25) is 0 Å². The Morgan fingerprint density at radius 1 is 1.20 bits per heavy atom. The zero-order valence-electron chi connectivity index (χ0n) is 32.4. The van der Waals surface area contributed by atoms with Gasteiger partial charge in [0, 0.05) is 74.1 Å². The topological polar surface area (TPSA) is 144 Å². The van der Waals surface area contributed by atoms with Crippen LogP contribution in [0.1, 0.15) is 86.2 Å². The molecule has 4 atom stereocenters. The molecule has 2 bridgehead atoms. The third-order valence-electron chi connectivity index (χ3n) is 11.8. The second kappa shape index (κ2) is 16.6. The molecule has 0 aromatic heterocycles. The zero-order chi connectivity index (χ0) is 38.9. The van der Waals surface area contributed by atoms with E-state index in [0.29, 0.717) is 41.6 Å². The van der Waals surface area contributed by atoms with E-state index in [9.17, 15) is 10.4 Å². The standard InChI is InChI=1S/C41H56F2N8O4/c1-5-6-7-34(55-24-41(10-11-41)23-49-12-14-53-15-13-49)48-40(51-28-8-9-29(51)20-50(19-28)18-25(2)52)35-26(3)37(43)36(32-22-54-21-31(32)35)39-30(16-44)38(47-27(4)45)33(42)17-46-39/h7,17,25,28-29,39,46-47,52H,4-6,8-15,18-24,45H2,1-3H3/b34-7-,48-40+. The van der Waals surface area contributed by atoms with Gasteiger partial charge in [0.25, 0.3) is 0 Å². The van der Waals surface area contributed by atoms with E-state index < -0.39 is 23.8 Å². The predicted octanol–water partition coefficient (Wildman–Crippen LogP) is 4.46. The van der Waals surface area contributed by atoms with Crippen LogP contribution in [0.3, 0.4) is 0 Å². The van der Waals surface area contributed by atoms with Crippen LogP contribution in [-0.4, -0.2) is 103 Å². The lowest BCUT2D eigenvalue weighted by Gasteiger charge is -2.43. The number of aliphatic hydroxyl groups excluding tert-OH is 1. The summed E-state index contributed by atoms with van der Waals surface area (Å²) in [6.07, 6.45) is 8.49. The minimum absolute atomic E-state index is 0.0422. The van der Waals surface area contributed by atoms with Crippen molar-refractivity contribution in [3.8, 4) is 6.07 Å². The van der Waals surface area contributed by atoms with Crippen molar-refractivity contribution in [3.63, 3.8) is 0 Å². The smallest absolute Gasteiger partial charge is 0.211 e. The lowest BCUT2D eigenvalue weighted by atomic mass is 9.85. The molecule has 1 saturated carbocycles. The van der Waals surface area contributed by atoms with E-state index in [1.165, 1.54) is 0 Å². The van der Waals surface area contributed by atoms with Gasteiger partial charge in [0.1, 0.15) is 11.7 Å². The minimum atomic E-state index is -1.00. The number of nitrogens with one attached hydrogen (secondary N) is 2. The number of halogens is 2. The molecule has 5 aliphatic heterocycles. The molecule has 3 saturated heterocycles. The van der Waals surface area contributed by atoms with E-state index in [4.69, 9.17) is 24.9 Å². The summed E-state index contributed by atoms with van der Waals surface area (Å²) in [5, 5.41) is 26.1. The van der Waals surface area contributed by atoms with E-state index in [2.05, 4.69) is 51.0 Å². The summed E-state index contributed by atoms with van der Waals surface area (Å²) in [7, 11) is 0. The van der Waals surface area contributed by atoms with Gasteiger partial charge in [-0.15, -0.1) is 0 Å². The molecule has 4 unspecified atom stereocenters. The zero-order valence-corrected chi connectivity index (χ0v) is 32.4. The first kappa shape index (κ1) is 39.2. The Balaban J connectivity index is 1.31. The fourth-order valence-electron chi connectivity index (χ4n) is 8.98. The number of unbranched alkanes of at least 4 members (excludes halogenated alkanes) is 1. The molecular formula is C41H56F2N8O4. The maximum Gasteiger partial charge on any atom is 0.211 e. The highest BCUT2D eigenvalue weighted by atomic mass is 19.1. The van der Waals surface area contributed by atoms with E-state index in [0.717, 1.165) is 96.2 Å². The molecule has 7 rings (SSSR count). The van der Waals surface area contributed by atoms with E-state index in [1.54, 1.807) is 6.92 Å². The summed E-state index contributed by atoms with van der Waals surface area (Å²) in [5.74, 6) is -0.0881. The van der Waals surface area contributed by atoms with E-state index >= 15 is 8.78 Å². The van der Waals surface area contributed by atoms with E-state index in [-0.39, 0.29) is 53.4 Å². The van der Waals surface area contributed by atoms with E-state index in [1.807, 2.05) is 6.92 Å². The number of morpholine rings is 1. The third-order valence-corrected chi connectivity index (χ3v) is 11.8. The molecule has 12 nitrogen and oxygen atoms in total. The van der Waals surface area contributed by atoms with Crippen molar-refractivity contribution >= 4 is 5.84 Å². The third kappa shape index (κ3) is 8.27. The van der Waals surface area contributed by atoms with Gasteiger partial charge in [0.2, 0.25) is 5.88 Å². The molecule has 5 heterocycles. The summed E-state index contributed by atoms with van der Waals surface area (Å²) in [6.45, 7) is 16.6. The highest BCUT2D eigenvalue weighted by Crippen LogP contribution is 2.47. The summed E-state index contributed by atoms with van der Waals surface area (Å²) in [5.41, 5.74) is 8.32. The number of piperazine rings is 1. The van der Waals surface area contributed by atoms with Crippen molar-refractivity contribution < 1.29 is 28.1 Å². The average molecular weight is 763 g/mol. The van der Waals surface area contributed by atoms with Crippen molar-refractivity contribution in [1.29, 1.82) is 5.26 Å². The van der Waals surface area contributed by atoms with Crippen LogP contribution in [-0.2, 0) is 27.4 Å². The number of benzene rings is 1. The second-order valence-corrected chi connectivity index (χ2v) is 16.1. The number of rotatable bonds is 14. The Morgan fingerprint density at radius 2 is 1.91 bits per heavy atom. The first-order valence-corrected chi connectivity index (χ1v) is 19.8. The summed E-state index contributed by atoms with van der Waals surface area (Å²) in [6, 6.07) is 1.28. The number of ether oxygens (including phenoxy) is 3. The first-order valence-electron chi connectivity index (χ1n) is 19.8. The molecule has 1 aromatic rings. The molecule has 1 aromatic carbocycles. The second-order valence-electron chi connectivity index (χ2n) is 16.1. The number of aliphatic hydroxyl groups is 1. The van der Waals surface area contributed by atoms with Gasteiger partial charge in [-0.2, -0.15) is 10.3 Å². The molecule has 0 amide bonds. The van der Waals surface area contributed by atoms with Crippen molar-refractivity contribution in [2.75, 3.05) is 59.1 Å². The number of dihydropyridines is 1. The molecule has 0 radical (unpaired) electrons. The quantitative estimate of drug-likeness (QED) is 0.121. The number of nitrogens with two attached hydrogens (primary N) is 1. The molecule has 55 heavy (non-hydrogen) atoms.